The second kappa shape index (κ2) is 7.16. The molecule has 0 atom stereocenters. The van der Waals surface area contributed by atoms with Crippen molar-refractivity contribution in [3.63, 3.8) is 0 Å². The van der Waals surface area contributed by atoms with Crippen LogP contribution in [0.5, 0.6) is 5.75 Å². The van der Waals surface area contributed by atoms with Crippen LogP contribution >= 0.6 is 0 Å². The summed E-state index contributed by atoms with van der Waals surface area (Å²) in [6.45, 7) is 5.47. The summed E-state index contributed by atoms with van der Waals surface area (Å²) in [5.41, 5.74) is 5.47. The van der Waals surface area contributed by atoms with Gasteiger partial charge in [-0.2, -0.15) is 0 Å². The lowest BCUT2D eigenvalue weighted by Crippen LogP contribution is -2.29. The number of aryl methyl sites for hydroxylation is 1. The zero-order valence-electron chi connectivity index (χ0n) is 16.0. The maximum Gasteiger partial charge on any atom is 0.119 e. The fourth-order valence-electron chi connectivity index (χ4n) is 4.32. The second-order valence-corrected chi connectivity index (χ2v) is 7.62. The molecule has 0 spiro atoms. The highest BCUT2D eigenvalue weighted by molar-refractivity contribution is 5.89. The molecule has 0 N–H and O–H groups in total. The van der Waals surface area contributed by atoms with Crippen molar-refractivity contribution in [1.29, 1.82) is 0 Å². The van der Waals surface area contributed by atoms with E-state index in [0.29, 0.717) is 5.92 Å². The molecule has 0 aliphatic carbocycles. The molecule has 0 unspecified atom stereocenters. The van der Waals surface area contributed by atoms with E-state index in [2.05, 4.69) is 72.1 Å². The minimum Gasteiger partial charge on any atom is -0.497 e. The number of methoxy groups -OCH3 is 1. The minimum atomic E-state index is 0.636. The highest BCUT2D eigenvalue weighted by atomic mass is 16.5. The quantitative estimate of drug-likeness (QED) is 0.673. The van der Waals surface area contributed by atoms with Crippen LogP contribution in [0.15, 0.2) is 48.7 Å². The van der Waals surface area contributed by atoms with Crippen LogP contribution in [-0.2, 0) is 6.54 Å². The number of likely N-dealkylation sites (tertiary alicyclic amines) is 1. The van der Waals surface area contributed by atoms with Crippen LogP contribution < -0.4 is 4.74 Å². The number of hydrogen-bond acceptors (Lipinski definition) is 2. The number of benzene rings is 2. The van der Waals surface area contributed by atoms with Gasteiger partial charge in [-0.3, -0.25) is 0 Å². The summed E-state index contributed by atoms with van der Waals surface area (Å²) in [6.07, 6.45) is 4.87. The Kier molecular flexibility index (Phi) is 4.73. The molecule has 2 aromatic carbocycles. The summed E-state index contributed by atoms with van der Waals surface area (Å²) in [6, 6.07) is 15.1. The fraction of sp³-hybridized carbons (Fsp3) is 0.391. The topological polar surface area (TPSA) is 17.4 Å². The molecule has 3 heteroatoms. The molecule has 1 fully saturated rings. The van der Waals surface area contributed by atoms with E-state index in [4.69, 9.17) is 4.74 Å². The number of fused-ring (bicyclic) bond motifs is 1. The van der Waals surface area contributed by atoms with E-state index < -0.39 is 0 Å². The number of ether oxygens (including phenoxy) is 1. The Morgan fingerprint density at radius 2 is 1.81 bits per heavy atom. The zero-order chi connectivity index (χ0) is 18.1. The van der Waals surface area contributed by atoms with Gasteiger partial charge in [-0.15, -0.1) is 0 Å². The molecule has 0 bridgehead atoms. The second-order valence-electron chi connectivity index (χ2n) is 7.62. The number of hydrogen-bond donors (Lipinski definition) is 0. The van der Waals surface area contributed by atoms with Gasteiger partial charge in [0.1, 0.15) is 5.75 Å². The van der Waals surface area contributed by atoms with Crippen LogP contribution in [0.4, 0.5) is 0 Å². The van der Waals surface area contributed by atoms with E-state index in [1.807, 2.05) is 0 Å². The number of nitrogens with zero attached hydrogens (tertiary/aromatic N) is 2. The molecule has 1 aromatic heterocycles. The van der Waals surface area contributed by atoms with Gasteiger partial charge in [0, 0.05) is 18.1 Å². The smallest absolute Gasteiger partial charge is 0.119 e. The van der Waals surface area contributed by atoms with Gasteiger partial charge in [-0.05, 0) is 74.6 Å². The van der Waals surface area contributed by atoms with Crippen LogP contribution in [0.1, 0.15) is 35.4 Å². The lowest BCUT2D eigenvalue weighted by Gasteiger charge is -2.28. The van der Waals surface area contributed by atoms with Crippen molar-refractivity contribution in [2.45, 2.75) is 32.2 Å². The first-order valence-corrected chi connectivity index (χ1v) is 9.55. The lowest BCUT2D eigenvalue weighted by atomic mass is 9.89. The normalized spacial score (nSPS) is 16.3. The molecule has 0 saturated carbocycles. The standard InChI is InChI=1S/C23H28N2O/c1-17-13-20(26-3)14-21-22(19-9-11-24(2)12-10-19)16-25(23(17)21)15-18-7-5-4-6-8-18/h4-8,13-14,16,19H,9-12,15H2,1-3H3. The van der Waals surface area contributed by atoms with Gasteiger partial charge >= 0.3 is 0 Å². The Balaban J connectivity index is 1.81. The largest absolute Gasteiger partial charge is 0.497 e. The SMILES string of the molecule is COc1cc(C)c2c(c1)c(C1CCN(C)CC1)cn2Cc1ccccc1. The third-order valence-electron chi connectivity index (χ3n) is 5.76. The van der Waals surface area contributed by atoms with Crippen molar-refractivity contribution in [1.82, 2.24) is 9.47 Å². The Labute approximate surface area is 156 Å². The van der Waals surface area contributed by atoms with E-state index >= 15 is 0 Å². The third-order valence-corrected chi connectivity index (χ3v) is 5.76. The molecule has 0 amide bonds. The van der Waals surface area contributed by atoms with Crippen LogP contribution in [0, 0.1) is 6.92 Å². The molecule has 1 saturated heterocycles. The summed E-state index contributed by atoms with van der Waals surface area (Å²) in [7, 11) is 3.99. The highest BCUT2D eigenvalue weighted by Crippen LogP contribution is 2.37. The van der Waals surface area contributed by atoms with Crippen molar-refractivity contribution in [2.75, 3.05) is 27.2 Å². The molecule has 1 aliphatic rings. The molecule has 136 valence electrons. The summed E-state index contributed by atoms with van der Waals surface area (Å²) in [5, 5.41) is 1.37. The average molecular weight is 348 g/mol. The summed E-state index contributed by atoms with van der Waals surface area (Å²) < 4.78 is 8.01. The summed E-state index contributed by atoms with van der Waals surface area (Å²) in [5.74, 6) is 1.60. The molecule has 3 aromatic rings. The Morgan fingerprint density at radius 3 is 2.50 bits per heavy atom. The van der Waals surface area contributed by atoms with Crippen LogP contribution in [0.2, 0.25) is 0 Å². The maximum atomic E-state index is 5.57. The lowest BCUT2D eigenvalue weighted by molar-refractivity contribution is 0.256. The van der Waals surface area contributed by atoms with Crippen LogP contribution in [-0.4, -0.2) is 36.7 Å². The summed E-state index contributed by atoms with van der Waals surface area (Å²) in [4.78, 5) is 2.44. The van der Waals surface area contributed by atoms with E-state index in [1.165, 1.54) is 53.5 Å². The van der Waals surface area contributed by atoms with Gasteiger partial charge in [0.25, 0.3) is 0 Å². The van der Waals surface area contributed by atoms with E-state index in [0.717, 1.165) is 12.3 Å². The molecule has 26 heavy (non-hydrogen) atoms. The Bertz CT molecular complexity index is 889. The van der Waals surface area contributed by atoms with Crippen molar-refractivity contribution in [3.05, 3.63) is 65.4 Å². The first kappa shape index (κ1) is 17.2. The first-order valence-electron chi connectivity index (χ1n) is 9.55. The monoisotopic (exact) mass is 348 g/mol. The number of piperidine rings is 1. The third kappa shape index (κ3) is 3.24. The highest BCUT2D eigenvalue weighted by Gasteiger charge is 2.23. The van der Waals surface area contributed by atoms with Crippen molar-refractivity contribution in [3.8, 4) is 5.75 Å². The van der Waals surface area contributed by atoms with Gasteiger partial charge < -0.3 is 14.2 Å². The van der Waals surface area contributed by atoms with Crippen molar-refractivity contribution in [2.24, 2.45) is 0 Å². The van der Waals surface area contributed by atoms with Crippen LogP contribution in [0.3, 0.4) is 0 Å². The number of rotatable bonds is 4. The maximum absolute atomic E-state index is 5.57. The minimum absolute atomic E-state index is 0.636. The molecule has 0 radical (unpaired) electrons. The Morgan fingerprint density at radius 1 is 1.08 bits per heavy atom. The number of aromatic nitrogens is 1. The van der Waals surface area contributed by atoms with E-state index in [9.17, 15) is 0 Å². The zero-order valence-corrected chi connectivity index (χ0v) is 16.0. The van der Waals surface area contributed by atoms with Gasteiger partial charge in [0.2, 0.25) is 0 Å². The van der Waals surface area contributed by atoms with E-state index in [-0.39, 0.29) is 0 Å². The first-order chi connectivity index (χ1) is 12.7. The van der Waals surface area contributed by atoms with Crippen molar-refractivity contribution >= 4 is 10.9 Å². The fourth-order valence-corrected chi connectivity index (χ4v) is 4.32. The molecule has 4 rings (SSSR count). The van der Waals surface area contributed by atoms with Gasteiger partial charge in [0.05, 0.1) is 12.6 Å². The van der Waals surface area contributed by atoms with Crippen molar-refractivity contribution < 1.29 is 4.74 Å². The molecule has 2 heterocycles. The van der Waals surface area contributed by atoms with Gasteiger partial charge in [-0.1, -0.05) is 30.3 Å². The van der Waals surface area contributed by atoms with Crippen LogP contribution in [0.25, 0.3) is 10.9 Å². The van der Waals surface area contributed by atoms with Gasteiger partial charge in [0.15, 0.2) is 0 Å². The molecule has 3 nitrogen and oxygen atoms in total. The predicted octanol–water partition coefficient (Wildman–Crippen LogP) is 4.82. The Hall–Kier alpha value is -2.26. The predicted molar refractivity (Wildman–Crippen MR) is 108 cm³/mol. The summed E-state index contributed by atoms with van der Waals surface area (Å²) >= 11 is 0. The molecule has 1 aliphatic heterocycles. The molecular weight excluding hydrogens is 320 g/mol. The van der Waals surface area contributed by atoms with E-state index in [1.54, 1.807) is 7.11 Å². The van der Waals surface area contributed by atoms with Gasteiger partial charge in [-0.25, -0.2) is 0 Å². The average Bonchev–Trinajstić information content (AvgIpc) is 3.02. The molecular formula is C23H28N2O.